The lowest BCUT2D eigenvalue weighted by Gasteiger charge is -2.59. The van der Waals surface area contributed by atoms with Crippen LogP contribution in [0.15, 0.2) is 35.6 Å². The smallest absolute Gasteiger partial charge is 0.314 e. The van der Waals surface area contributed by atoms with Crippen LogP contribution in [0.25, 0.3) is 0 Å². The second-order valence-electron chi connectivity index (χ2n) is 14.4. The maximum Gasteiger partial charge on any atom is 0.314 e. The molecule has 3 aliphatic carbocycles. The Hall–Kier alpha value is -1.75. The molecule has 0 amide bonds. The molecule has 0 aromatic heterocycles. The summed E-state index contributed by atoms with van der Waals surface area (Å²) in [5, 5.41) is 50.1. The summed E-state index contributed by atoms with van der Waals surface area (Å²) >= 11 is 0. The number of esters is 1. The van der Waals surface area contributed by atoms with Crippen molar-refractivity contribution < 1.29 is 44.5 Å². The van der Waals surface area contributed by atoms with Crippen molar-refractivity contribution in [3.63, 3.8) is 0 Å². The van der Waals surface area contributed by atoms with Crippen LogP contribution >= 0.6 is 0 Å². The van der Waals surface area contributed by atoms with Gasteiger partial charge in [0.15, 0.2) is 0 Å². The van der Waals surface area contributed by atoms with Crippen LogP contribution < -0.4 is 0 Å². The van der Waals surface area contributed by atoms with Crippen molar-refractivity contribution in [3.05, 3.63) is 35.6 Å². The summed E-state index contributed by atoms with van der Waals surface area (Å²) in [6.07, 6.45) is 7.29. The van der Waals surface area contributed by atoms with Crippen molar-refractivity contribution in [1.82, 2.24) is 0 Å². The van der Waals surface area contributed by atoms with E-state index < -0.39 is 36.6 Å². The van der Waals surface area contributed by atoms with Gasteiger partial charge in [-0.05, 0) is 112 Å². The first-order valence-corrected chi connectivity index (χ1v) is 16.3. The monoisotopic (exact) mass is 604 g/mol. The van der Waals surface area contributed by atoms with Crippen molar-refractivity contribution in [2.45, 2.75) is 122 Å². The maximum atomic E-state index is 13.8. The zero-order valence-corrected chi connectivity index (χ0v) is 26.0. The highest BCUT2D eigenvalue weighted by Crippen LogP contribution is 2.64. The normalized spacial score (nSPS) is 45.2. The standard InChI is InChI=1S/C34H52O9/c1-19-14-22-8-11-30-33(3,23(22)9-6-21(19)7-10-27-24(37)15-20(2)28(17-35)41-27)12-5-13-34(30,4)32(40)43-31-26(39)16-25(38)29(18-36)42-31/h15-16,21-24,26-31,35-39H,1,5-14,17-18H2,2-4H3/t21?,22?,23-,24+,26+,27?,28?,29?,30?,31?,33+,34-/m1/s1. The number of ether oxygens (including phenoxy) is 3. The van der Waals surface area contributed by atoms with Crippen LogP contribution in [0, 0.1) is 34.5 Å². The van der Waals surface area contributed by atoms with Gasteiger partial charge >= 0.3 is 5.97 Å². The number of aliphatic hydroxyl groups is 5. The number of fused-ring (bicyclic) bond motifs is 3. The third-order valence-electron chi connectivity index (χ3n) is 11.9. The first-order valence-electron chi connectivity index (χ1n) is 16.3. The summed E-state index contributed by atoms with van der Waals surface area (Å²) < 4.78 is 17.4. The fraction of sp³-hybridized carbons (Fsp3) is 0.794. The number of carbonyl (C=O) groups is 1. The van der Waals surface area contributed by atoms with Gasteiger partial charge in [-0.25, -0.2) is 0 Å². The molecule has 242 valence electrons. The largest absolute Gasteiger partial charge is 0.510 e. The summed E-state index contributed by atoms with van der Waals surface area (Å²) in [4.78, 5) is 13.8. The van der Waals surface area contributed by atoms with Gasteiger partial charge in [0.1, 0.15) is 24.1 Å². The van der Waals surface area contributed by atoms with Crippen molar-refractivity contribution in [2.75, 3.05) is 13.2 Å². The molecule has 5 N–H and O–H groups in total. The van der Waals surface area contributed by atoms with E-state index in [1.807, 2.05) is 19.9 Å². The predicted octanol–water partition coefficient (Wildman–Crippen LogP) is 4.09. The van der Waals surface area contributed by atoms with Crippen LogP contribution in [0.5, 0.6) is 0 Å². The molecule has 43 heavy (non-hydrogen) atoms. The summed E-state index contributed by atoms with van der Waals surface area (Å²) in [5.41, 5.74) is 1.38. The average molecular weight is 605 g/mol. The van der Waals surface area contributed by atoms with E-state index in [0.717, 1.165) is 56.9 Å². The molecule has 3 fully saturated rings. The Morgan fingerprint density at radius 3 is 2.47 bits per heavy atom. The minimum atomic E-state index is -1.31. The van der Waals surface area contributed by atoms with Crippen LogP contribution in [0.4, 0.5) is 0 Å². The van der Waals surface area contributed by atoms with Crippen molar-refractivity contribution >= 4 is 5.97 Å². The van der Waals surface area contributed by atoms with Gasteiger partial charge in [-0.1, -0.05) is 31.6 Å². The predicted molar refractivity (Wildman–Crippen MR) is 160 cm³/mol. The summed E-state index contributed by atoms with van der Waals surface area (Å²) in [5.74, 6) is 0.786. The van der Waals surface area contributed by atoms with Crippen LogP contribution in [0.3, 0.4) is 0 Å². The minimum absolute atomic E-state index is 0.0404. The van der Waals surface area contributed by atoms with Crippen LogP contribution in [-0.2, 0) is 19.0 Å². The number of aliphatic hydroxyl groups excluding tert-OH is 5. The number of allylic oxidation sites excluding steroid dienone is 1. The van der Waals surface area contributed by atoms with Crippen molar-refractivity contribution in [2.24, 2.45) is 34.5 Å². The van der Waals surface area contributed by atoms with Gasteiger partial charge in [0, 0.05) is 0 Å². The fourth-order valence-electron chi connectivity index (χ4n) is 9.44. The molecule has 5 rings (SSSR count). The SMILES string of the molecule is C=C1CC2CCC3[C@](C)(C(=O)OC4OC(CO)C(O)=C[C@@H]4O)CCC[C@@]3(C)[C@@H]2CCC1CCC1OC(CO)C(C)=C[C@@H]1O. The lowest BCUT2D eigenvalue weighted by atomic mass is 9.45. The molecule has 9 heteroatoms. The molecule has 3 saturated carbocycles. The van der Waals surface area contributed by atoms with E-state index in [4.69, 9.17) is 14.2 Å². The molecule has 9 nitrogen and oxygen atoms in total. The molecule has 0 bridgehead atoms. The van der Waals surface area contributed by atoms with Gasteiger partial charge in [0.2, 0.25) is 6.29 Å². The molecule has 5 aliphatic rings. The molecule has 0 aromatic carbocycles. The number of hydrogen-bond acceptors (Lipinski definition) is 9. The second kappa shape index (κ2) is 12.9. The number of rotatable bonds is 7. The topological polar surface area (TPSA) is 146 Å². The second-order valence-corrected chi connectivity index (χ2v) is 14.4. The zero-order valence-electron chi connectivity index (χ0n) is 26.0. The first kappa shape index (κ1) is 32.6. The van der Waals surface area contributed by atoms with E-state index in [0.29, 0.717) is 30.6 Å². The Bertz CT molecular complexity index is 1100. The summed E-state index contributed by atoms with van der Waals surface area (Å²) in [6.45, 7) is 10.2. The van der Waals surface area contributed by atoms with Crippen LogP contribution in [0.2, 0.25) is 0 Å². The Kier molecular flexibility index (Phi) is 9.81. The van der Waals surface area contributed by atoms with Gasteiger partial charge < -0.3 is 39.7 Å². The highest BCUT2D eigenvalue weighted by atomic mass is 16.7. The van der Waals surface area contributed by atoms with Crippen molar-refractivity contribution in [3.8, 4) is 0 Å². The van der Waals surface area contributed by atoms with E-state index in [9.17, 15) is 30.3 Å². The molecular weight excluding hydrogens is 552 g/mol. The van der Waals surface area contributed by atoms with Gasteiger partial charge in [0.25, 0.3) is 0 Å². The van der Waals surface area contributed by atoms with Crippen LogP contribution in [0.1, 0.15) is 85.0 Å². The molecule has 2 aliphatic heterocycles. The summed E-state index contributed by atoms with van der Waals surface area (Å²) in [6, 6.07) is 0. The molecule has 0 radical (unpaired) electrons. The first-order chi connectivity index (χ1) is 20.4. The average Bonchev–Trinajstić information content (AvgIpc) is 3.12. The minimum Gasteiger partial charge on any atom is -0.510 e. The Balaban J connectivity index is 1.26. The van der Waals surface area contributed by atoms with E-state index in [2.05, 4.69) is 13.5 Å². The number of hydrogen-bond donors (Lipinski definition) is 5. The summed E-state index contributed by atoms with van der Waals surface area (Å²) in [7, 11) is 0. The molecule has 0 saturated heterocycles. The van der Waals surface area contributed by atoms with E-state index in [1.54, 1.807) is 0 Å². The fourth-order valence-corrected chi connectivity index (χ4v) is 9.44. The maximum absolute atomic E-state index is 13.8. The van der Waals surface area contributed by atoms with Crippen LogP contribution in [-0.4, -0.2) is 81.5 Å². The molecule has 0 aromatic rings. The molecule has 0 spiro atoms. The molecular formula is C34H52O9. The zero-order chi connectivity index (χ0) is 31.1. The Morgan fingerprint density at radius 2 is 1.74 bits per heavy atom. The third-order valence-corrected chi connectivity index (χ3v) is 11.9. The Morgan fingerprint density at radius 1 is 1.00 bits per heavy atom. The quantitative estimate of drug-likeness (QED) is 0.214. The lowest BCUT2D eigenvalue weighted by molar-refractivity contribution is -0.235. The lowest BCUT2D eigenvalue weighted by Crippen LogP contribution is -2.56. The van der Waals surface area contributed by atoms with Gasteiger partial charge in [-0.2, -0.15) is 0 Å². The van der Waals surface area contributed by atoms with Gasteiger partial charge in [-0.3, -0.25) is 4.79 Å². The van der Waals surface area contributed by atoms with Gasteiger partial charge in [0.05, 0.1) is 30.8 Å². The van der Waals surface area contributed by atoms with E-state index in [-0.39, 0.29) is 41.9 Å². The molecule has 2 heterocycles. The number of carbonyl (C=O) groups excluding carboxylic acids is 1. The van der Waals surface area contributed by atoms with Crippen molar-refractivity contribution in [1.29, 1.82) is 0 Å². The highest BCUT2D eigenvalue weighted by Gasteiger charge is 2.60. The third kappa shape index (κ3) is 6.23. The Labute approximate surface area is 255 Å². The van der Waals surface area contributed by atoms with Gasteiger partial charge in [-0.15, -0.1) is 0 Å². The molecule has 12 atom stereocenters. The molecule has 7 unspecified atom stereocenters. The highest BCUT2D eigenvalue weighted by molar-refractivity contribution is 5.77. The van der Waals surface area contributed by atoms with E-state index >= 15 is 0 Å². The van der Waals surface area contributed by atoms with E-state index in [1.165, 1.54) is 11.6 Å².